The Bertz CT molecular complexity index is 1390. The van der Waals surface area contributed by atoms with Crippen LogP contribution in [-0.2, 0) is 16.1 Å². The number of carbonyl (C=O) groups excluding carboxylic acids is 3. The molecule has 7 rings (SSSR count). The van der Waals surface area contributed by atoms with Crippen molar-refractivity contribution in [1.82, 2.24) is 40.5 Å². The van der Waals surface area contributed by atoms with E-state index >= 15 is 0 Å². The van der Waals surface area contributed by atoms with Crippen LogP contribution in [0.5, 0.6) is 11.5 Å². The van der Waals surface area contributed by atoms with Crippen LogP contribution < -0.4 is 14.8 Å². The molecule has 1 fully saturated rings. The van der Waals surface area contributed by atoms with E-state index in [1.807, 2.05) is 18.2 Å². The van der Waals surface area contributed by atoms with E-state index in [2.05, 4.69) is 26.0 Å². The molecule has 2 aromatic heterocycles. The molecular formula is C25H28N8O6. The highest BCUT2D eigenvalue weighted by atomic mass is 16.5. The molecule has 3 aromatic rings. The van der Waals surface area contributed by atoms with Crippen LogP contribution in [0.15, 0.2) is 35.1 Å². The second kappa shape index (κ2) is 10.0. The summed E-state index contributed by atoms with van der Waals surface area (Å²) in [7, 11) is 0. The van der Waals surface area contributed by atoms with Gasteiger partial charge in [-0.15, -0.1) is 5.10 Å². The Balaban J connectivity index is 1.28. The Labute approximate surface area is 223 Å². The molecule has 204 valence electrons. The summed E-state index contributed by atoms with van der Waals surface area (Å²) < 4.78 is 18.8. The minimum absolute atomic E-state index is 0.0776. The summed E-state index contributed by atoms with van der Waals surface area (Å²) in [6.07, 6.45) is 1.86. The summed E-state index contributed by atoms with van der Waals surface area (Å²) >= 11 is 0. The molecule has 0 radical (unpaired) electrons. The van der Waals surface area contributed by atoms with E-state index < -0.39 is 5.41 Å². The predicted octanol–water partition coefficient (Wildman–Crippen LogP) is 0.0154. The van der Waals surface area contributed by atoms with Gasteiger partial charge in [0.1, 0.15) is 18.6 Å². The van der Waals surface area contributed by atoms with Gasteiger partial charge in [0.15, 0.2) is 17.2 Å². The molecule has 3 amide bonds. The second-order valence-electron chi connectivity index (χ2n) is 10.2. The maximum Gasteiger partial charge on any atom is 0.276 e. The molecule has 0 saturated carbocycles. The highest BCUT2D eigenvalue weighted by molar-refractivity contribution is 5.92. The Morgan fingerprint density at radius 3 is 2.92 bits per heavy atom. The highest BCUT2D eigenvalue weighted by Gasteiger charge is 2.53. The van der Waals surface area contributed by atoms with Crippen molar-refractivity contribution in [1.29, 1.82) is 0 Å². The number of nitrogens with one attached hydrogen (secondary N) is 1. The number of para-hydroxylation sites is 1. The first kappa shape index (κ1) is 24.8. The molecule has 0 aliphatic carbocycles. The number of ether oxygens (including phenoxy) is 2. The van der Waals surface area contributed by atoms with Gasteiger partial charge in [-0.2, -0.15) is 0 Å². The molecule has 1 spiro atoms. The maximum absolute atomic E-state index is 13.3. The van der Waals surface area contributed by atoms with Gasteiger partial charge in [-0.05, 0) is 29.8 Å². The number of rotatable bonds is 3. The van der Waals surface area contributed by atoms with E-state index in [0.29, 0.717) is 49.9 Å². The van der Waals surface area contributed by atoms with Crippen LogP contribution >= 0.6 is 0 Å². The summed E-state index contributed by atoms with van der Waals surface area (Å²) in [6, 6.07) is 7.37. The highest BCUT2D eigenvalue weighted by Crippen LogP contribution is 2.52. The van der Waals surface area contributed by atoms with Gasteiger partial charge in [-0.25, -0.2) is 4.68 Å². The molecule has 39 heavy (non-hydrogen) atoms. The SMILES string of the molecule is Cc1cc(C(=O)N2C[C@H]3c4cccc5c4OC[C@@]3(CNC(=O)CN(C(=O)Cn3cnnn3)CCCO5)C2)no1. The number of nitrogens with zero attached hydrogens (tertiary/aromatic N) is 7. The average molecular weight is 537 g/mol. The number of benzene rings is 1. The fourth-order valence-corrected chi connectivity index (χ4v) is 5.57. The molecule has 14 heteroatoms. The number of carbonyl (C=O) groups is 3. The van der Waals surface area contributed by atoms with Gasteiger partial charge in [-0.3, -0.25) is 14.4 Å². The van der Waals surface area contributed by atoms with Crippen molar-refractivity contribution in [3.05, 3.63) is 47.6 Å². The minimum atomic E-state index is -0.582. The van der Waals surface area contributed by atoms with E-state index in [1.54, 1.807) is 17.9 Å². The normalized spacial score (nSPS) is 22.9. The third-order valence-corrected chi connectivity index (χ3v) is 7.51. The number of hydrogen-bond acceptors (Lipinski definition) is 10. The molecule has 1 saturated heterocycles. The van der Waals surface area contributed by atoms with E-state index in [1.165, 1.54) is 15.9 Å². The quantitative estimate of drug-likeness (QED) is 0.484. The van der Waals surface area contributed by atoms with Gasteiger partial charge >= 0.3 is 0 Å². The Kier molecular flexibility index (Phi) is 6.37. The first-order valence-electron chi connectivity index (χ1n) is 12.8. The van der Waals surface area contributed by atoms with Crippen molar-refractivity contribution in [2.45, 2.75) is 25.8 Å². The first-order valence-corrected chi connectivity index (χ1v) is 12.8. The van der Waals surface area contributed by atoms with Crippen LogP contribution in [0.3, 0.4) is 0 Å². The standard InChI is InChI=1S/C25H28N8O6/c1-16-8-19(28-39-16)24(36)32-9-18-17-4-2-5-20-23(17)38-14-25(18,13-32)12-26-21(34)10-31(6-3-7-37-20)22(35)11-33-15-27-29-30-33/h2,4-5,8,15,18H,3,6-7,9-14H2,1H3,(H,26,34)/t18-,25+/m0/s1. The fraction of sp³-hybridized carbons (Fsp3) is 0.480. The average Bonchev–Trinajstić information content (AvgIpc) is 3.69. The summed E-state index contributed by atoms with van der Waals surface area (Å²) in [4.78, 5) is 42.6. The molecule has 4 bridgehead atoms. The molecule has 14 nitrogen and oxygen atoms in total. The van der Waals surface area contributed by atoms with Crippen molar-refractivity contribution < 1.29 is 28.4 Å². The molecular weight excluding hydrogens is 508 g/mol. The number of aryl methyl sites for hydroxylation is 1. The molecule has 6 heterocycles. The van der Waals surface area contributed by atoms with Crippen LogP contribution in [0.1, 0.15) is 34.2 Å². The third-order valence-electron chi connectivity index (χ3n) is 7.51. The monoisotopic (exact) mass is 536 g/mol. The number of tetrazole rings is 1. The van der Waals surface area contributed by atoms with Crippen molar-refractivity contribution in [3.63, 3.8) is 0 Å². The zero-order chi connectivity index (χ0) is 27.0. The molecule has 2 atom stereocenters. The van der Waals surface area contributed by atoms with Crippen molar-refractivity contribution >= 4 is 17.7 Å². The summed E-state index contributed by atoms with van der Waals surface area (Å²) in [5.41, 5.74) is 0.599. The zero-order valence-corrected chi connectivity index (χ0v) is 21.4. The van der Waals surface area contributed by atoms with Crippen molar-refractivity contribution in [2.24, 2.45) is 5.41 Å². The first-order chi connectivity index (χ1) is 18.9. The number of fused-ring (bicyclic) bond motifs is 9. The van der Waals surface area contributed by atoms with Crippen LogP contribution in [0.25, 0.3) is 0 Å². The van der Waals surface area contributed by atoms with Crippen LogP contribution in [0.4, 0.5) is 0 Å². The molecule has 1 aromatic carbocycles. The maximum atomic E-state index is 13.3. The van der Waals surface area contributed by atoms with Crippen LogP contribution in [0.2, 0.25) is 0 Å². The Morgan fingerprint density at radius 1 is 1.23 bits per heavy atom. The Hall–Kier alpha value is -4.49. The summed E-state index contributed by atoms with van der Waals surface area (Å²) in [5.74, 6) is 0.890. The van der Waals surface area contributed by atoms with Gasteiger partial charge in [0.2, 0.25) is 11.8 Å². The zero-order valence-electron chi connectivity index (χ0n) is 21.4. The fourth-order valence-electron chi connectivity index (χ4n) is 5.57. The predicted molar refractivity (Wildman–Crippen MR) is 132 cm³/mol. The summed E-state index contributed by atoms with van der Waals surface area (Å²) in [6.45, 7) is 3.50. The Morgan fingerprint density at radius 2 is 2.13 bits per heavy atom. The van der Waals surface area contributed by atoms with E-state index in [0.717, 1.165) is 5.56 Å². The molecule has 0 unspecified atom stereocenters. The number of amides is 3. The molecule has 1 N–H and O–H groups in total. The van der Waals surface area contributed by atoms with E-state index in [4.69, 9.17) is 14.0 Å². The summed E-state index contributed by atoms with van der Waals surface area (Å²) in [5, 5.41) is 17.8. The second-order valence-corrected chi connectivity index (χ2v) is 10.2. The smallest absolute Gasteiger partial charge is 0.276 e. The van der Waals surface area contributed by atoms with E-state index in [-0.39, 0.29) is 55.6 Å². The number of likely N-dealkylation sites (tertiary alicyclic amines) is 1. The lowest BCUT2D eigenvalue weighted by atomic mass is 9.73. The van der Waals surface area contributed by atoms with Gasteiger partial charge < -0.3 is 29.1 Å². The van der Waals surface area contributed by atoms with E-state index in [9.17, 15) is 14.4 Å². The third kappa shape index (κ3) is 4.77. The lowest BCUT2D eigenvalue weighted by Gasteiger charge is -2.40. The van der Waals surface area contributed by atoms with Gasteiger partial charge in [0.05, 0.1) is 19.8 Å². The topological polar surface area (TPSA) is 158 Å². The van der Waals surface area contributed by atoms with Crippen LogP contribution in [0, 0.1) is 12.3 Å². The van der Waals surface area contributed by atoms with Crippen LogP contribution in [-0.4, -0.2) is 98.8 Å². The van der Waals surface area contributed by atoms with Gasteiger partial charge in [0, 0.05) is 49.1 Å². The number of aromatic nitrogens is 5. The molecule has 4 aliphatic heterocycles. The largest absolute Gasteiger partial charge is 0.490 e. The molecule has 4 aliphatic rings. The lowest BCUT2D eigenvalue weighted by Crippen LogP contribution is -2.51. The number of hydrogen-bond donors (Lipinski definition) is 1. The lowest BCUT2D eigenvalue weighted by molar-refractivity contribution is -0.137. The van der Waals surface area contributed by atoms with Crippen molar-refractivity contribution in [3.8, 4) is 11.5 Å². The minimum Gasteiger partial charge on any atom is -0.490 e. The van der Waals surface area contributed by atoms with Crippen molar-refractivity contribution in [2.75, 3.05) is 45.9 Å². The van der Waals surface area contributed by atoms with Gasteiger partial charge in [0.25, 0.3) is 5.91 Å². The van der Waals surface area contributed by atoms with Gasteiger partial charge in [-0.1, -0.05) is 17.3 Å².